The molecule has 7 aromatic carbocycles. The van der Waals surface area contributed by atoms with E-state index in [0.717, 1.165) is 86.1 Å². The molecule has 5 heterocycles. The van der Waals surface area contributed by atoms with E-state index >= 15 is 0 Å². The second-order valence-corrected chi connectivity index (χ2v) is 26.1. The standard InChI is InChI=1S/C62H57N3OSi/c1-40-36-57-48(52-38-45(62(2,3)4)29-33-47(52)53-35-30-46(39-63(53)57)67(5,6)7)31-26-43-27-32-50-49-22-14-17-25-58(49)66-60(50)59(43)61-64(40)55-23-15-16-24-56(55)65(61)54-34-28-44(41-18-10-8-11-19-41)37-51(54)42-20-12-9-13-21-42/h8-25,27-30,32-35,37-39,48,57H,1,26,31,36H2,2-7H3/q+2. The van der Waals surface area contributed by atoms with Gasteiger partial charge < -0.3 is 4.42 Å². The first kappa shape index (κ1) is 41.4. The number of furan rings is 1. The van der Waals surface area contributed by atoms with Crippen LogP contribution in [0.25, 0.3) is 89.3 Å². The second kappa shape index (κ2) is 15.5. The lowest BCUT2D eigenvalue weighted by atomic mass is 9.75. The summed E-state index contributed by atoms with van der Waals surface area (Å²) in [6, 6.07) is 63.1. The Morgan fingerprint density at radius 2 is 1.40 bits per heavy atom. The van der Waals surface area contributed by atoms with Crippen LogP contribution in [0.5, 0.6) is 0 Å². The van der Waals surface area contributed by atoms with Gasteiger partial charge in [-0.25, -0.2) is 0 Å². The van der Waals surface area contributed by atoms with Crippen LogP contribution in [0.15, 0.2) is 187 Å². The van der Waals surface area contributed by atoms with Crippen molar-refractivity contribution >= 4 is 51.9 Å². The lowest BCUT2D eigenvalue weighted by Crippen LogP contribution is -2.53. The van der Waals surface area contributed by atoms with Gasteiger partial charge in [-0.1, -0.05) is 174 Å². The van der Waals surface area contributed by atoms with Gasteiger partial charge in [0.05, 0.1) is 14.5 Å². The Labute approximate surface area is 395 Å². The summed E-state index contributed by atoms with van der Waals surface area (Å²) < 4.78 is 14.8. The molecule has 2 atom stereocenters. The zero-order valence-electron chi connectivity index (χ0n) is 39.5. The van der Waals surface area contributed by atoms with E-state index < -0.39 is 8.07 Å². The highest BCUT2D eigenvalue weighted by molar-refractivity contribution is 6.88. The highest BCUT2D eigenvalue weighted by atomic mass is 28.3. The van der Waals surface area contributed by atoms with Crippen molar-refractivity contribution in [2.45, 2.75) is 77.0 Å². The number of imidazole rings is 1. The van der Waals surface area contributed by atoms with Crippen LogP contribution in [0, 0.1) is 0 Å². The molecule has 2 aliphatic heterocycles. The molecule has 0 saturated carbocycles. The van der Waals surface area contributed by atoms with Crippen molar-refractivity contribution in [2.24, 2.45) is 0 Å². The molecule has 0 bridgehead atoms. The van der Waals surface area contributed by atoms with Gasteiger partial charge in [-0.3, -0.25) is 0 Å². The molecule has 4 nitrogen and oxygen atoms in total. The number of para-hydroxylation sites is 3. The monoisotopic (exact) mass is 887 g/mol. The molecule has 2 aliphatic rings. The molecule has 3 aromatic heterocycles. The number of pyridine rings is 1. The Balaban J connectivity index is 1.18. The summed E-state index contributed by atoms with van der Waals surface area (Å²) in [5, 5.41) is 3.73. The number of nitrogens with zero attached hydrogens (tertiary/aromatic N) is 3. The molecule has 0 radical (unpaired) electrons. The van der Waals surface area contributed by atoms with Gasteiger partial charge in [-0.2, -0.15) is 13.7 Å². The van der Waals surface area contributed by atoms with E-state index in [9.17, 15) is 0 Å². The molecule has 67 heavy (non-hydrogen) atoms. The van der Waals surface area contributed by atoms with E-state index in [1.165, 1.54) is 44.3 Å². The fraction of sp³-hybridized carbons (Fsp3) is 0.194. The van der Waals surface area contributed by atoms with E-state index in [4.69, 9.17) is 11.0 Å². The van der Waals surface area contributed by atoms with Gasteiger partial charge in [0.1, 0.15) is 22.5 Å². The number of aromatic nitrogens is 3. The molecule has 5 heteroatoms. The van der Waals surface area contributed by atoms with E-state index in [2.05, 4.69) is 230 Å². The molecule has 328 valence electrons. The van der Waals surface area contributed by atoms with Crippen molar-refractivity contribution in [2.75, 3.05) is 0 Å². The largest absolute Gasteiger partial charge is 0.455 e. The maximum absolute atomic E-state index is 7.14. The lowest BCUT2D eigenvalue weighted by molar-refractivity contribution is -0.719. The summed E-state index contributed by atoms with van der Waals surface area (Å²) in [6.07, 6.45) is 5.15. The average Bonchev–Trinajstić information content (AvgIpc) is 3.89. The number of hydrogen-bond acceptors (Lipinski definition) is 1. The lowest BCUT2D eigenvalue weighted by Gasteiger charge is -2.33. The SMILES string of the molecule is C=C1CC2C(CCc3ccc4c(oc5ccccc54)c3-c3n(-c4ccc(-c5ccccc5)cc4-c4ccccc4)c4ccccc4[n+]31)c1cc(C(C)(C)C)ccc1-c1ccc([Si](C)(C)C)c[n+]12. The van der Waals surface area contributed by atoms with Crippen LogP contribution in [0.1, 0.15) is 62.3 Å². The smallest absolute Gasteiger partial charge is 0.304 e. The number of allylic oxidation sites excluding steroid dienone is 1. The van der Waals surface area contributed by atoms with Crippen molar-refractivity contribution in [1.82, 2.24) is 4.57 Å². The molecule has 0 aliphatic carbocycles. The van der Waals surface area contributed by atoms with E-state index in [1.54, 1.807) is 0 Å². The Bertz CT molecular complexity index is 3600. The topological polar surface area (TPSA) is 25.8 Å². The Morgan fingerprint density at radius 3 is 2.18 bits per heavy atom. The van der Waals surface area contributed by atoms with Crippen molar-refractivity contribution in [3.8, 4) is 50.6 Å². The predicted molar refractivity (Wildman–Crippen MR) is 281 cm³/mol. The van der Waals surface area contributed by atoms with Crippen LogP contribution in [0.4, 0.5) is 0 Å². The van der Waals surface area contributed by atoms with Gasteiger partial charge in [-0.15, -0.1) is 0 Å². The summed E-state index contributed by atoms with van der Waals surface area (Å²) in [7, 11) is -1.67. The van der Waals surface area contributed by atoms with Gasteiger partial charge >= 0.3 is 5.82 Å². The van der Waals surface area contributed by atoms with Crippen LogP contribution in [0.2, 0.25) is 19.6 Å². The van der Waals surface area contributed by atoms with Gasteiger partial charge in [0, 0.05) is 39.1 Å². The molecule has 12 rings (SSSR count). The summed E-state index contributed by atoms with van der Waals surface area (Å²) in [5.41, 5.74) is 18.8. The van der Waals surface area contributed by atoms with Gasteiger partial charge in [0.25, 0.3) is 0 Å². The predicted octanol–water partition coefficient (Wildman–Crippen LogP) is 14.8. The van der Waals surface area contributed by atoms with E-state index in [-0.39, 0.29) is 17.4 Å². The normalized spacial score (nSPS) is 16.1. The van der Waals surface area contributed by atoms with Gasteiger partial charge in [0.15, 0.2) is 28.9 Å². The number of hydrogen-bond donors (Lipinski definition) is 0. The van der Waals surface area contributed by atoms with Crippen LogP contribution >= 0.6 is 0 Å². The zero-order valence-corrected chi connectivity index (χ0v) is 40.5. The Hall–Kier alpha value is -7.08. The molecular weight excluding hydrogens is 831 g/mol. The molecule has 0 amide bonds. The van der Waals surface area contributed by atoms with Crippen LogP contribution in [0.3, 0.4) is 0 Å². The van der Waals surface area contributed by atoms with Crippen LogP contribution in [-0.4, -0.2) is 12.6 Å². The number of aryl methyl sites for hydroxylation is 1. The highest BCUT2D eigenvalue weighted by Crippen LogP contribution is 2.48. The molecule has 2 unspecified atom stereocenters. The highest BCUT2D eigenvalue weighted by Gasteiger charge is 2.45. The third-order valence-corrected chi connectivity index (χ3v) is 16.8. The molecule has 10 aromatic rings. The number of benzene rings is 7. The zero-order chi connectivity index (χ0) is 45.8. The quantitative estimate of drug-likeness (QED) is 0.128. The summed E-state index contributed by atoms with van der Waals surface area (Å²) in [5.74, 6) is 1.31. The van der Waals surface area contributed by atoms with Crippen molar-refractivity contribution in [3.63, 3.8) is 0 Å². The maximum atomic E-state index is 7.14. The third-order valence-electron chi connectivity index (χ3n) is 14.8. The first-order valence-electron chi connectivity index (χ1n) is 24.1. The van der Waals surface area contributed by atoms with Crippen molar-refractivity contribution in [1.29, 1.82) is 0 Å². The van der Waals surface area contributed by atoms with Crippen molar-refractivity contribution < 1.29 is 13.6 Å². The minimum absolute atomic E-state index is 0.0171. The molecule has 0 fully saturated rings. The summed E-state index contributed by atoms with van der Waals surface area (Å²) in [6.45, 7) is 19.6. The summed E-state index contributed by atoms with van der Waals surface area (Å²) in [4.78, 5) is 0. The fourth-order valence-electron chi connectivity index (χ4n) is 11.3. The Morgan fingerprint density at radius 1 is 0.672 bits per heavy atom. The fourth-order valence-corrected chi connectivity index (χ4v) is 12.4. The van der Waals surface area contributed by atoms with E-state index in [1.807, 2.05) is 0 Å². The van der Waals surface area contributed by atoms with Crippen molar-refractivity contribution in [3.05, 3.63) is 199 Å². The van der Waals surface area contributed by atoms with Gasteiger partial charge in [-0.05, 0) is 88.0 Å². The van der Waals surface area contributed by atoms with E-state index in [0.29, 0.717) is 0 Å². The first-order chi connectivity index (χ1) is 32.4. The molecule has 0 saturated heterocycles. The second-order valence-electron chi connectivity index (χ2n) is 21.0. The minimum atomic E-state index is -1.67. The average molecular weight is 888 g/mol. The number of rotatable bonds is 4. The van der Waals surface area contributed by atoms with Crippen LogP contribution in [-0.2, 0) is 11.8 Å². The minimum Gasteiger partial charge on any atom is -0.455 e. The molecular formula is C62H57N3OSi+2. The third kappa shape index (κ3) is 6.77. The summed E-state index contributed by atoms with van der Waals surface area (Å²) >= 11 is 0. The van der Waals surface area contributed by atoms with Gasteiger partial charge in [0.2, 0.25) is 5.69 Å². The molecule has 0 N–H and O–H groups in total. The van der Waals surface area contributed by atoms with Crippen LogP contribution < -0.4 is 14.3 Å². The molecule has 0 spiro atoms. The Kier molecular flexibility index (Phi) is 9.57. The maximum Gasteiger partial charge on any atom is 0.304 e. The first-order valence-corrected chi connectivity index (χ1v) is 27.6. The number of fused-ring (bicyclic) bond motifs is 15.